The molecule has 0 saturated heterocycles. The molecular formula is C16H19N3O3. The van der Waals surface area contributed by atoms with E-state index in [9.17, 15) is 14.4 Å². The first-order valence-electron chi connectivity index (χ1n) is 6.99. The smallest absolute Gasteiger partial charge is 0.259 e. The molecule has 0 atom stereocenters. The molecular weight excluding hydrogens is 282 g/mol. The number of nitrogens with one attached hydrogen (secondary N) is 1. The topological polar surface area (TPSA) is 69.7 Å². The minimum Gasteiger partial charge on any atom is -0.354 e. The second-order valence-corrected chi connectivity index (χ2v) is 5.27. The Labute approximate surface area is 129 Å². The molecule has 0 spiro atoms. The average Bonchev–Trinajstić information content (AvgIpc) is 2.72. The Kier molecular flexibility index (Phi) is 4.60. The molecule has 1 aromatic carbocycles. The van der Waals surface area contributed by atoms with Crippen molar-refractivity contribution >= 4 is 23.4 Å². The highest BCUT2D eigenvalue weighted by Gasteiger charge is 2.31. The fourth-order valence-corrected chi connectivity index (χ4v) is 2.23. The van der Waals surface area contributed by atoms with Crippen LogP contribution >= 0.6 is 0 Å². The number of nitrogens with zero attached hydrogens (tertiary/aromatic N) is 2. The first-order chi connectivity index (χ1) is 10.4. The van der Waals surface area contributed by atoms with Crippen LogP contribution < -0.4 is 5.32 Å². The van der Waals surface area contributed by atoms with Crippen LogP contribution in [0, 0.1) is 0 Å². The van der Waals surface area contributed by atoms with Crippen molar-refractivity contribution in [1.29, 1.82) is 0 Å². The Morgan fingerprint density at radius 3 is 2.45 bits per heavy atom. The molecule has 1 heterocycles. The van der Waals surface area contributed by atoms with E-state index in [1.807, 2.05) is 12.1 Å². The largest absolute Gasteiger partial charge is 0.354 e. The monoisotopic (exact) mass is 301 g/mol. The zero-order valence-corrected chi connectivity index (χ0v) is 12.8. The average molecular weight is 301 g/mol. The number of carbonyl (C=O) groups excluding carboxylic acids is 3. The van der Waals surface area contributed by atoms with Crippen LogP contribution in [-0.4, -0.2) is 54.7 Å². The van der Waals surface area contributed by atoms with Gasteiger partial charge in [-0.25, -0.2) is 0 Å². The van der Waals surface area contributed by atoms with E-state index < -0.39 is 0 Å². The van der Waals surface area contributed by atoms with Crippen molar-refractivity contribution in [2.45, 2.75) is 6.42 Å². The number of fused-ring (bicyclic) bond motifs is 1. The zero-order valence-electron chi connectivity index (χ0n) is 12.8. The molecule has 22 heavy (non-hydrogen) atoms. The normalized spacial score (nSPS) is 13.1. The van der Waals surface area contributed by atoms with Crippen molar-refractivity contribution in [3.63, 3.8) is 0 Å². The van der Waals surface area contributed by atoms with Gasteiger partial charge in [0.2, 0.25) is 11.8 Å². The van der Waals surface area contributed by atoms with Gasteiger partial charge in [0.25, 0.3) is 5.91 Å². The Morgan fingerprint density at radius 2 is 1.86 bits per heavy atom. The summed E-state index contributed by atoms with van der Waals surface area (Å²) in [5.41, 5.74) is 1.84. The van der Waals surface area contributed by atoms with Gasteiger partial charge in [0.15, 0.2) is 0 Å². The fraction of sp³-hybridized carbons (Fsp3) is 0.312. The van der Waals surface area contributed by atoms with Gasteiger partial charge < -0.3 is 10.2 Å². The molecule has 2 rings (SSSR count). The summed E-state index contributed by atoms with van der Waals surface area (Å²) in [6.45, 7) is 4.03. The molecule has 0 unspecified atom stereocenters. The predicted octanol–water partition coefficient (Wildman–Crippen LogP) is 0.708. The van der Waals surface area contributed by atoms with E-state index in [0.717, 1.165) is 5.56 Å². The van der Waals surface area contributed by atoms with Crippen molar-refractivity contribution < 1.29 is 14.4 Å². The standard InChI is InChI=1S/C16H19N3O3/c1-11-12-6-4-5-7-13(12)16(22)19(11)10-14(20)17-9-8-15(21)18(2)3/h4-7H,1,8-10H2,2-3H3,(H,17,20). The number of hydrogen-bond donors (Lipinski definition) is 1. The van der Waals surface area contributed by atoms with Gasteiger partial charge in [0.05, 0.1) is 0 Å². The SMILES string of the molecule is C=C1c2ccccc2C(=O)N1CC(=O)NCCC(=O)N(C)C. The molecule has 1 aliphatic heterocycles. The molecule has 0 saturated carbocycles. The van der Waals surface area contributed by atoms with E-state index >= 15 is 0 Å². The van der Waals surface area contributed by atoms with E-state index in [1.165, 1.54) is 9.80 Å². The molecule has 0 aliphatic carbocycles. The molecule has 1 aromatic rings. The van der Waals surface area contributed by atoms with Crippen molar-refractivity contribution in [1.82, 2.24) is 15.1 Å². The Hall–Kier alpha value is -2.63. The van der Waals surface area contributed by atoms with Crippen LogP contribution in [0.15, 0.2) is 30.8 Å². The summed E-state index contributed by atoms with van der Waals surface area (Å²) < 4.78 is 0. The maximum atomic E-state index is 12.2. The molecule has 0 aromatic heterocycles. The third-order valence-electron chi connectivity index (χ3n) is 3.50. The van der Waals surface area contributed by atoms with E-state index in [-0.39, 0.29) is 37.2 Å². The molecule has 3 amide bonds. The number of rotatable bonds is 5. The summed E-state index contributed by atoms with van der Waals surface area (Å²) in [6, 6.07) is 7.13. The van der Waals surface area contributed by atoms with Crippen LogP contribution in [-0.2, 0) is 9.59 Å². The van der Waals surface area contributed by atoms with E-state index in [2.05, 4.69) is 11.9 Å². The third-order valence-corrected chi connectivity index (χ3v) is 3.50. The second-order valence-electron chi connectivity index (χ2n) is 5.27. The quantitative estimate of drug-likeness (QED) is 0.870. The summed E-state index contributed by atoms with van der Waals surface area (Å²) in [5, 5.41) is 2.64. The summed E-state index contributed by atoms with van der Waals surface area (Å²) in [7, 11) is 3.32. The highest BCUT2D eigenvalue weighted by Crippen LogP contribution is 2.30. The lowest BCUT2D eigenvalue weighted by Gasteiger charge is -2.17. The van der Waals surface area contributed by atoms with E-state index in [4.69, 9.17) is 0 Å². The van der Waals surface area contributed by atoms with Crippen molar-refractivity contribution in [3.05, 3.63) is 42.0 Å². The maximum absolute atomic E-state index is 12.2. The molecule has 1 aliphatic rings. The second kappa shape index (κ2) is 6.43. The van der Waals surface area contributed by atoms with E-state index in [0.29, 0.717) is 11.3 Å². The van der Waals surface area contributed by atoms with Crippen LogP contribution in [0.2, 0.25) is 0 Å². The Morgan fingerprint density at radius 1 is 1.23 bits per heavy atom. The molecule has 116 valence electrons. The minimum absolute atomic E-state index is 0.0608. The van der Waals surface area contributed by atoms with Gasteiger partial charge in [0, 0.05) is 43.9 Å². The van der Waals surface area contributed by atoms with Crippen LogP contribution in [0.5, 0.6) is 0 Å². The highest BCUT2D eigenvalue weighted by molar-refractivity contribution is 6.10. The first kappa shape index (κ1) is 15.8. The maximum Gasteiger partial charge on any atom is 0.259 e. The number of amides is 3. The molecule has 1 N–H and O–H groups in total. The first-order valence-corrected chi connectivity index (χ1v) is 6.99. The predicted molar refractivity (Wildman–Crippen MR) is 82.8 cm³/mol. The van der Waals surface area contributed by atoms with Crippen molar-refractivity contribution in [3.8, 4) is 0 Å². The van der Waals surface area contributed by atoms with Gasteiger partial charge in [-0.05, 0) is 6.07 Å². The number of carbonyl (C=O) groups is 3. The summed E-state index contributed by atoms with van der Waals surface area (Å²) in [5.74, 6) is -0.594. The van der Waals surface area contributed by atoms with Gasteiger partial charge in [-0.15, -0.1) is 0 Å². The summed E-state index contributed by atoms with van der Waals surface area (Å²) >= 11 is 0. The van der Waals surface area contributed by atoms with Gasteiger partial charge in [-0.2, -0.15) is 0 Å². The Bertz CT molecular complexity index is 602. The van der Waals surface area contributed by atoms with Crippen molar-refractivity contribution in [2.24, 2.45) is 0 Å². The number of benzene rings is 1. The molecule has 6 nitrogen and oxygen atoms in total. The molecule has 0 bridgehead atoms. The third kappa shape index (κ3) is 3.16. The van der Waals surface area contributed by atoms with Crippen LogP contribution in [0.25, 0.3) is 5.70 Å². The lowest BCUT2D eigenvalue weighted by molar-refractivity contribution is -0.128. The van der Waals surface area contributed by atoms with Crippen LogP contribution in [0.3, 0.4) is 0 Å². The van der Waals surface area contributed by atoms with Gasteiger partial charge in [-0.1, -0.05) is 24.8 Å². The number of hydrogen-bond acceptors (Lipinski definition) is 3. The van der Waals surface area contributed by atoms with Gasteiger partial charge in [0.1, 0.15) is 6.54 Å². The fourth-order valence-electron chi connectivity index (χ4n) is 2.23. The molecule has 6 heteroatoms. The highest BCUT2D eigenvalue weighted by atomic mass is 16.2. The minimum atomic E-state index is -0.311. The van der Waals surface area contributed by atoms with Gasteiger partial charge in [-0.3, -0.25) is 19.3 Å². The van der Waals surface area contributed by atoms with Crippen molar-refractivity contribution in [2.75, 3.05) is 27.2 Å². The lowest BCUT2D eigenvalue weighted by Crippen LogP contribution is -2.38. The van der Waals surface area contributed by atoms with Crippen LogP contribution in [0.1, 0.15) is 22.3 Å². The van der Waals surface area contributed by atoms with E-state index in [1.54, 1.807) is 26.2 Å². The Balaban J connectivity index is 1.90. The van der Waals surface area contributed by atoms with Crippen LogP contribution in [0.4, 0.5) is 0 Å². The summed E-state index contributed by atoms with van der Waals surface area (Å²) in [4.78, 5) is 38.4. The molecule has 0 radical (unpaired) electrons. The lowest BCUT2D eigenvalue weighted by atomic mass is 10.1. The van der Waals surface area contributed by atoms with Gasteiger partial charge >= 0.3 is 0 Å². The summed E-state index contributed by atoms with van der Waals surface area (Å²) in [6.07, 6.45) is 0.230. The zero-order chi connectivity index (χ0) is 16.3. The molecule has 0 fully saturated rings.